The average molecular weight is 312 g/mol. The van der Waals surface area contributed by atoms with E-state index in [-0.39, 0.29) is 0 Å². The molecule has 0 saturated carbocycles. The van der Waals surface area contributed by atoms with Crippen LogP contribution in [0.3, 0.4) is 0 Å². The van der Waals surface area contributed by atoms with E-state index in [0.29, 0.717) is 5.69 Å². The lowest BCUT2D eigenvalue weighted by Crippen LogP contribution is -2.36. The molecule has 0 aromatic heterocycles. The Bertz CT molecular complexity index is 392. The van der Waals surface area contributed by atoms with Gasteiger partial charge in [-0.3, -0.25) is 4.79 Å². The third kappa shape index (κ3) is 4.26. The van der Waals surface area contributed by atoms with Gasteiger partial charge in [-0.1, -0.05) is 15.9 Å². The van der Waals surface area contributed by atoms with E-state index >= 15 is 0 Å². The Kier molecular flexibility index (Phi) is 4.39. The standard InChI is InChI=1S/C10H9BrF3NO2/c11-6-1-3-7(4-2-6)15-5-8(9(16)17)10(12,13)14/h1-4,8,15H,5H2,(H,16,17). The van der Waals surface area contributed by atoms with E-state index in [0.717, 1.165) is 4.47 Å². The fourth-order valence-electron chi connectivity index (χ4n) is 1.13. The summed E-state index contributed by atoms with van der Waals surface area (Å²) in [6.07, 6.45) is -4.76. The summed E-state index contributed by atoms with van der Waals surface area (Å²) in [5, 5.41) is 10.9. The fourth-order valence-corrected chi connectivity index (χ4v) is 1.40. The summed E-state index contributed by atoms with van der Waals surface area (Å²) in [6, 6.07) is 6.40. The van der Waals surface area contributed by atoms with E-state index in [2.05, 4.69) is 21.2 Å². The van der Waals surface area contributed by atoms with Gasteiger partial charge in [0.05, 0.1) is 0 Å². The quantitative estimate of drug-likeness (QED) is 0.898. The maximum absolute atomic E-state index is 12.3. The number of nitrogens with one attached hydrogen (secondary N) is 1. The molecule has 0 amide bonds. The van der Waals surface area contributed by atoms with Crippen LogP contribution in [0.5, 0.6) is 0 Å². The van der Waals surface area contributed by atoms with Crippen LogP contribution in [0.1, 0.15) is 0 Å². The number of rotatable bonds is 4. The van der Waals surface area contributed by atoms with E-state index in [1.807, 2.05) is 0 Å². The lowest BCUT2D eigenvalue weighted by Gasteiger charge is -2.17. The largest absolute Gasteiger partial charge is 0.481 e. The predicted octanol–water partition coefficient (Wildman–Crippen LogP) is 3.12. The van der Waals surface area contributed by atoms with Crippen molar-refractivity contribution in [3.8, 4) is 0 Å². The Labute approximate surface area is 104 Å². The minimum absolute atomic E-state index is 0.434. The van der Waals surface area contributed by atoms with Crippen molar-refractivity contribution in [2.75, 3.05) is 11.9 Å². The predicted molar refractivity (Wildman–Crippen MR) is 59.8 cm³/mol. The number of aliphatic carboxylic acids is 1. The highest BCUT2D eigenvalue weighted by Gasteiger charge is 2.44. The molecule has 0 saturated heterocycles. The van der Waals surface area contributed by atoms with Crippen molar-refractivity contribution in [2.24, 2.45) is 5.92 Å². The monoisotopic (exact) mass is 311 g/mol. The summed E-state index contributed by atoms with van der Waals surface area (Å²) in [5.74, 6) is -4.30. The van der Waals surface area contributed by atoms with Crippen LogP contribution in [-0.4, -0.2) is 23.8 Å². The van der Waals surface area contributed by atoms with Crippen molar-refractivity contribution in [1.29, 1.82) is 0 Å². The third-order valence-corrected chi connectivity index (χ3v) is 2.58. The molecule has 0 radical (unpaired) electrons. The summed E-state index contributed by atoms with van der Waals surface area (Å²) in [5.41, 5.74) is 0.434. The number of anilines is 1. The molecule has 1 rings (SSSR count). The van der Waals surface area contributed by atoms with Gasteiger partial charge in [0.25, 0.3) is 0 Å². The molecule has 0 fully saturated rings. The Morgan fingerprint density at radius 1 is 1.35 bits per heavy atom. The lowest BCUT2D eigenvalue weighted by molar-refractivity contribution is -0.190. The molecule has 17 heavy (non-hydrogen) atoms. The Balaban J connectivity index is 2.65. The fraction of sp³-hybridized carbons (Fsp3) is 0.300. The first-order valence-corrected chi connectivity index (χ1v) is 5.39. The molecule has 0 aliphatic heterocycles. The molecule has 0 aliphatic rings. The SMILES string of the molecule is O=C(O)C(CNc1ccc(Br)cc1)C(F)(F)F. The van der Waals surface area contributed by atoms with Crippen LogP contribution >= 0.6 is 15.9 Å². The van der Waals surface area contributed by atoms with Crippen LogP contribution < -0.4 is 5.32 Å². The minimum Gasteiger partial charge on any atom is -0.481 e. The molecular formula is C10H9BrF3NO2. The van der Waals surface area contributed by atoms with Gasteiger partial charge in [0.1, 0.15) is 0 Å². The maximum atomic E-state index is 12.3. The zero-order valence-electron chi connectivity index (χ0n) is 8.46. The first-order valence-electron chi connectivity index (χ1n) is 4.59. The lowest BCUT2D eigenvalue weighted by atomic mass is 10.1. The van der Waals surface area contributed by atoms with E-state index in [1.165, 1.54) is 0 Å². The molecule has 3 nitrogen and oxygen atoms in total. The normalized spacial score (nSPS) is 13.2. The number of alkyl halides is 3. The van der Waals surface area contributed by atoms with Crippen LogP contribution in [0, 0.1) is 5.92 Å². The maximum Gasteiger partial charge on any atom is 0.403 e. The molecule has 0 bridgehead atoms. The molecule has 7 heteroatoms. The second kappa shape index (κ2) is 5.39. The second-order valence-corrected chi connectivity index (χ2v) is 4.24. The van der Waals surface area contributed by atoms with Crippen molar-refractivity contribution in [3.63, 3.8) is 0 Å². The van der Waals surface area contributed by atoms with Crippen molar-refractivity contribution in [3.05, 3.63) is 28.7 Å². The molecular weight excluding hydrogens is 303 g/mol. The molecule has 0 heterocycles. The van der Waals surface area contributed by atoms with Gasteiger partial charge in [-0.05, 0) is 24.3 Å². The summed E-state index contributed by atoms with van der Waals surface area (Å²) in [7, 11) is 0. The van der Waals surface area contributed by atoms with Crippen molar-refractivity contribution >= 4 is 27.6 Å². The summed E-state index contributed by atoms with van der Waals surface area (Å²) in [4.78, 5) is 10.5. The molecule has 0 aliphatic carbocycles. The number of hydrogen-bond acceptors (Lipinski definition) is 2. The van der Waals surface area contributed by atoms with Gasteiger partial charge >= 0.3 is 12.1 Å². The van der Waals surface area contributed by atoms with Crippen molar-refractivity contribution in [2.45, 2.75) is 6.18 Å². The number of hydrogen-bond donors (Lipinski definition) is 2. The van der Waals surface area contributed by atoms with Crippen LogP contribution in [0.15, 0.2) is 28.7 Å². The molecule has 2 N–H and O–H groups in total. The summed E-state index contributed by atoms with van der Waals surface area (Å²) in [6.45, 7) is -0.694. The highest BCUT2D eigenvalue weighted by molar-refractivity contribution is 9.10. The Morgan fingerprint density at radius 2 is 1.88 bits per heavy atom. The average Bonchev–Trinajstić information content (AvgIpc) is 2.18. The molecule has 94 valence electrons. The highest BCUT2D eigenvalue weighted by Crippen LogP contribution is 2.27. The van der Waals surface area contributed by atoms with Crippen molar-refractivity contribution < 1.29 is 23.1 Å². The second-order valence-electron chi connectivity index (χ2n) is 3.32. The number of carbonyl (C=O) groups is 1. The van der Waals surface area contributed by atoms with Gasteiger partial charge in [-0.2, -0.15) is 13.2 Å². The molecule has 1 atom stereocenters. The third-order valence-electron chi connectivity index (χ3n) is 2.05. The topological polar surface area (TPSA) is 49.3 Å². The smallest absolute Gasteiger partial charge is 0.403 e. The Hall–Kier alpha value is -1.24. The molecule has 1 aromatic rings. The van der Waals surface area contributed by atoms with Gasteiger partial charge in [-0.25, -0.2) is 0 Å². The van der Waals surface area contributed by atoms with Crippen LogP contribution in [0.25, 0.3) is 0 Å². The summed E-state index contributed by atoms with van der Waals surface area (Å²) < 4.78 is 37.7. The van der Waals surface area contributed by atoms with E-state index < -0.39 is 24.6 Å². The van der Waals surface area contributed by atoms with Crippen LogP contribution in [-0.2, 0) is 4.79 Å². The van der Waals surface area contributed by atoms with E-state index in [9.17, 15) is 18.0 Å². The zero-order valence-corrected chi connectivity index (χ0v) is 10.0. The summed E-state index contributed by atoms with van der Waals surface area (Å²) >= 11 is 3.18. The first kappa shape index (κ1) is 13.8. The Morgan fingerprint density at radius 3 is 2.29 bits per heavy atom. The van der Waals surface area contributed by atoms with Gasteiger partial charge in [0.2, 0.25) is 0 Å². The van der Waals surface area contributed by atoms with Gasteiger partial charge in [-0.15, -0.1) is 0 Å². The van der Waals surface area contributed by atoms with E-state index in [1.54, 1.807) is 24.3 Å². The van der Waals surface area contributed by atoms with Crippen LogP contribution in [0.4, 0.5) is 18.9 Å². The highest BCUT2D eigenvalue weighted by atomic mass is 79.9. The van der Waals surface area contributed by atoms with Gasteiger partial charge in [0, 0.05) is 16.7 Å². The first-order chi connectivity index (χ1) is 7.80. The van der Waals surface area contributed by atoms with Crippen molar-refractivity contribution in [1.82, 2.24) is 0 Å². The number of halogens is 4. The van der Waals surface area contributed by atoms with E-state index in [4.69, 9.17) is 5.11 Å². The minimum atomic E-state index is -4.76. The molecule has 1 aromatic carbocycles. The van der Waals surface area contributed by atoms with Gasteiger partial charge < -0.3 is 10.4 Å². The number of benzene rings is 1. The molecule has 1 unspecified atom stereocenters. The molecule has 0 spiro atoms. The number of carboxylic acids is 1. The zero-order chi connectivity index (χ0) is 13.1. The van der Waals surface area contributed by atoms with Crippen LogP contribution in [0.2, 0.25) is 0 Å². The number of carboxylic acid groups (broad SMARTS) is 1. The van der Waals surface area contributed by atoms with Gasteiger partial charge in [0.15, 0.2) is 5.92 Å².